The summed E-state index contributed by atoms with van der Waals surface area (Å²) < 4.78 is 4.89. The smallest absolute Gasteiger partial charge is 0.338 e. The van der Waals surface area contributed by atoms with Crippen LogP contribution in [0.15, 0.2) is 30.6 Å². The molecular weight excluding hydrogens is 340 g/mol. The highest BCUT2D eigenvalue weighted by atomic mass is 16.5. The highest BCUT2D eigenvalue weighted by molar-refractivity contribution is 6.10. The summed E-state index contributed by atoms with van der Waals surface area (Å²) in [6.07, 6.45) is 0.521. The lowest BCUT2D eigenvalue weighted by molar-refractivity contribution is 0.0526. The minimum atomic E-state index is -0.711. The van der Waals surface area contributed by atoms with E-state index >= 15 is 0 Å². The fourth-order valence-electron chi connectivity index (χ4n) is 2.06. The molecule has 0 aliphatic heterocycles. The number of aromatic nitrogens is 2. The number of hydrogen-bond acceptors (Lipinski definition) is 6. The van der Waals surface area contributed by atoms with E-state index in [1.165, 1.54) is 25.4 Å². The standard InChI is InChI=1S/C17H20N4O5/c1-3-26-17(25)11-4-6-12(7-5-11)21-16(24)14-13(19-9-20-14)15(23)18-8-10(2)22/h4-7,9-10,22H,3,8H2,1-2H3,(H,18,23)(H,19,20)(H,21,24)/t10-/m1/s1. The van der Waals surface area contributed by atoms with Crippen molar-refractivity contribution in [2.75, 3.05) is 18.5 Å². The third-order valence-electron chi connectivity index (χ3n) is 3.29. The molecule has 9 heteroatoms. The lowest BCUT2D eigenvalue weighted by atomic mass is 10.2. The predicted octanol–water partition coefficient (Wildman–Crippen LogP) is 0.949. The van der Waals surface area contributed by atoms with Gasteiger partial charge in [-0.3, -0.25) is 9.59 Å². The van der Waals surface area contributed by atoms with E-state index < -0.39 is 23.9 Å². The van der Waals surface area contributed by atoms with Crippen LogP contribution in [0.4, 0.5) is 5.69 Å². The van der Waals surface area contributed by atoms with Gasteiger partial charge in [0.25, 0.3) is 11.8 Å². The number of carbonyl (C=O) groups is 3. The van der Waals surface area contributed by atoms with Crippen molar-refractivity contribution in [2.45, 2.75) is 20.0 Å². The van der Waals surface area contributed by atoms with E-state index in [2.05, 4.69) is 20.6 Å². The first-order valence-corrected chi connectivity index (χ1v) is 8.00. The molecule has 1 atom stereocenters. The number of benzene rings is 1. The Bertz CT molecular complexity index is 783. The number of aromatic amines is 1. The van der Waals surface area contributed by atoms with Crippen LogP contribution in [0.1, 0.15) is 45.2 Å². The number of rotatable bonds is 7. The molecule has 1 aromatic carbocycles. The monoisotopic (exact) mass is 360 g/mol. The first kappa shape index (κ1) is 19.1. The number of esters is 1. The van der Waals surface area contributed by atoms with Crippen molar-refractivity contribution in [3.05, 3.63) is 47.5 Å². The van der Waals surface area contributed by atoms with Crippen molar-refractivity contribution < 1.29 is 24.2 Å². The molecule has 9 nitrogen and oxygen atoms in total. The van der Waals surface area contributed by atoms with E-state index in [0.717, 1.165) is 0 Å². The zero-order valence-corrected chi connectivity index (χ0v) is 14.4. The molecule has 0 aliphatic rings. The molecule has 0 aliphatic carbocycles. The Kier molecular flexibility index (Phi) is 6.45. The number of nitrogens with zero attached hydrogens (tertiary/aromatic N) is 1. The van der Waals surface area contributed by atoms with E-state index in [-0.39, 0.29) is 24.5 Å². The fraction of sp³-hybridized carbons (Fsp3) is 0.294. The maximum atomic E-state index is 12.3. The Labute approximate surface area is 149 Å². The topological polar surface area (TPSA) is 133 Å². The van der Waals surface area contributed by atoms with Crippen LogP contribution in [-0.4, -0.2) is 52.1 Å². The van der Waals surface area contributed by atoms with Gasteiger partial charge in [0.2, 0.25) is 0 Å². The first-order valence-electron chi connectivity index (χ1n) is 8.00. The highest BCUT2D eigenvalue weighted by Gasteiger charge is 2.20. The Morgan fingerprint density at radius 2 is 1.92 bits per heavy atom. The number of aliphatic hydroxyl groups is 1. The summed E-state index contributed by atoms with van der Waals surface area (Å²) in [6, 6.07) is 6.14. The summed E-state index contributed by atoms with van der Waals surface area (Å²) in [4.78, 5) is 42.5. The number of nitrogens with one attached hydrogen (secondary N) is 3. The highest BCUT2D eigenvalue weighted by Crippen LogP contribution is 2.13. The predicted molar refractivity (Wildman–Crippen MR) is 93.0 cm³/mol. The molecule has 1 aromatic heterocycles. The Hall–Kier alpha value is -3.20. The maximum Gasteiger partial charge on any atom is 0.338 e. The molecule has 0 unspecified atom stereocenters. The first-order chi connectivity index (χ1) is 12.4. The van der Waals surface area contributed by atoms with Crippen molar-refractivity contribution in [1.29, 1.82) is 0 Å². The van der Waals surface area contributed by atoms with Gasteiger partial charge in [-0.25, -0.2) is 9.78 Å². The van der Waals surface area contributed by atoms with Crippen LogP contribution in [0.5, 0.6) is 0 Å². The summed E-state index contributed by atoms with van der Waals surface area (Å²) in [5.74, 6) is -1.58. The summed E-state index contributed by atoms with van der Waals surface area (Å²) >= 11 is 0. The molecule has 0 fully saturated rings. The number of anilines is 1. The van der Waals surface area contributed by atoms with Gasteiger partial charge in [-0.1, -0.05) is 0 Å². The zero-order valence-electron chi connectivity index (χ0n) is 14.4. The second-order valence-electron chi connectivity index (χ2n) is 5.44. The molecule has 0 spiro atoms. The number of amides is 2. The normalized spacial score (nSPS) is 11.5. The van der Waals surface area contributed by atoms with Crippen molar-refractivity contribution in [3.8, 4) is 0 Å². The molecule has 1 heterocycles. The number of H-pyrrole nitrogens is 1. The lowest BCUT2D eigenvalue weighted by Gasteiger charge is -2.08. The van der Waals surface area contributed by atoms with Gasteiger partial charge in [0.1, 0.15) is 5.69 Å². The number of imidazole rings is 1. The second kappa shape index (κ2) is 8.77. The molecule has 0 radical (unpaired) electrons. The van der Waals surface area contributed by atoms with Crippen molar-refractivity contribution in [2.24, 2.45) is 0 Å². The molecule has 0 saturated heterocycles. The summed E-state index contributed by atoms with van der Waals surface area (Å²) in [5.41, 5.74) is 0.707. The van der Waals surface area contributed by atoms with Gasteiger partial charge in [0.15, 0.2) is 5.69 Å². The van der Waals surface area contributed by atoms with E-state index in [0.29, 0.717) is 11.3 Å². The minimum absolute atomic E-state index is 0.00806. The third kappa shape index (κ3) is 4.90. The number of ether oxygens (including phenoxy) is 1. The van der Waals surface area contributed by atoms with E-state index in [9.17, 15) is 19.5 Å². The molecule has 138 valence electrons. The van der Waals surface area contributed by atoms with Crippen LogP contribution in [0.2, 0.25) is 0 Å². The van der Waals surface area contributed by atoms with Crippen LogP contribution >= 0.6 is 0 Å². The Morgan fingerprint density at radius 3 is 2.54 bits per heavy atom. The number of hydrogen-bond donors (Lipinski definition) is 4. The van der Waals surface area contributed by atoms with Crippen LogP contribution in [0.25, 0.3) is 0 Å². The third-order valence-corrected chi connectivity index (χ3v) is 3.29. The lowest BCUT2D eigenvalue weighted by Crippen LogP contribution is -2.32. The minimum Gasteiger partial charge on any atom is -0.462 e. The molecule has 0 saturated carbocycles. The van der Waals surface area contributed by atoms with Crippen molar-refractivity contribution >= 4 is 23.5 Å². The number of aliphatic hydroxyl groups excluding tert-OH is 1. The van der Waals surface area contributed by atoms with Gasteiger partial charge in [-0.2, -0.15) is 0 Å². The van der Waals surface area contributed by atoms with Gasteiger partial charge in [0, 0.05) is 12.2 Å². The Morgan fingerprint density at radius 1 is 1.23 bits per heavy atom. The van der Waals surface area contributed by atoms with Gasteiger partial charge in [-0.15, -0.1) is 0 Å². The molecule has 2 amide bonds. The molecule has 4 N–H and O–H groups in total. The molecule has 2 aromatic rings. The fourth-order valence-corrected chi connectivity index (χ4v) is 2.06. The quantitative estimate of drug-likeness (QED) is 0.543. The van der Waals surface area contributed by atoms with E-state index in [1.807, 2.05) is 0 Å². The molecule has 2 rings (SSSR count). The van der Waals surface area contributed by atoms with Crippen LogP contribution < -0.4 is 10.6 Å². The SMILES string of the molecule is CCOC(=O)c1ccc(NC(=O)c2nc[nH]c2C(=O)NC[C@@H](C)O)cc1. The molecular formula is C17H20N4O5. The van der Waals surface area contributed by atoms with Gasteiger partial charge in [-0.05, 0) is 38.1 Å². The van der Waals surface area contributed by atoms with Crippen LogP contribution in [0.3, 0.4) is 0 Å². The Balaban J connectivity index is 2.05. The number of carbonyl (C=O) groups excluding carboxylic acids is 3. The van der Waals surface area contributed by atoms with Gasteiger partial charge < -0.3 is 25.5 Å². The second-order valence-corrected chi connectivity index (χ2v) is 5.44. The van der Waals surface area contributed by atoms with Crippen molar-refractivity contribution in [3.63, 3.8) is 0 Å². The van der Waals surface area contributed by atoms with Gasteiger partial charge >= 0.3 is 5.97 Å². The summed E-state index contributed by atoms with van der Waals surface area (Å²) in [6.45, 7) is 3.57. The van der Waals surface area contributed by atoms with Gasteiger partial charge in [0.05, 0.1) is 24.6 Å². The average Bonchev–Trinajstić information content (AvgIpc) is 3.10. The zero-order chi connectivity index (χ0) is 19.1. The largest absolute Gasteiger partial charge is 0.462 e. The van der Waals surface area contributed by atoms with Crippen molar-refractivity contribution in [1.82, 2.24) is 15.3 Å². The van der Waals surface area contributed by atoms with E-state index in [4.69, 9.17) is 4.74 Å². The van der Waals surface area contributed by atoms with Crippen LogP contribution in [0, 0.1) is 0 Å². The summed E-state index contributed by atoms with van der Waals surface area (Å²) in [7, 11) is 0. The maximum absolute atomic E-state index is 12.3. The van der Waals surface area contributed by atoms with E-state index in [1.54, 1.807) is 19.1 Å². The average molecular weight is 360 g/mol. The summed E-state index contributed by atoms with van der Waals surface area (Å²) in [5, 5.41) is 14.3. The molecule has 0 bridgehead atoms. The molecule has 26 heavy (non-hydrogen) atoms. The van der Waals surface area contributed by atoms with Crippen LogP contribution in [-0.2, 0) is 4.74 Å².